The third-order valence-electron chi connectivity index (χ3n) is 4.70. The maximum Gasteiger partial charge on any atom is 0.277 e. The van der Waals surface area contributed by atoms with E-state index in [1.165, 1.54) is 29.6 Å². The lowest BCUT2D eigenvalue weighted by atomic mass is 9.92. The van der Waals surface area contributed by atoms with Crippen LogP contribution in [0.25, 0.3) is 11.5 Å². The predicted octanol–water partition coefficient (Wildman–Crippen LogP) is 1.63. The minimum absolute atomic E-state index is 0.0109. The van der Waals surface area contributed by atoms with Gasteiger partial charge in [0.25, 0.3) is 5.91 Å². The Morgan fingerprint density at radius 1 is 1.47 bits per heavy atom. The smallest absolute Gasteiger partial charge is 0.277 e. The first-order valence-corrected chi connectivity index (χ1v) is 9.18. The highest BCUT2D eigenvalue weighted by Crippen LogP contribution is 2.31. The summed E-state index contributed by atoms with van der Waals surface area (Å²) in [6.07, 6.45) is 4.68. The van der Waals surface area contributed by atoms with Gasteiger partial charge in [0.2, 0.25) is 11.8 Å². The molecule has 3 N–H and O–H groups in total. The SMILES string of the molecule is CN/C=C(/NC(=O)c1coc(-c2ccnc(C#N)c2)n1)C(=N)N1CCC(C)(C)C1=O. The Labute approximate surface area is 173 Å². The molecule has 3 rings (SSSR count). The Kier molecular flexibility index (Phi) is 5.64. The number of rotatable bonds is 5. The zero-order valence-electron chi connectivity index (χ0n) is 16.8. The lowest BCUT2D eigenvalue weighted by Crippen LogP contribution is -2.41. The summed E-state index contributed by atoms with van der Waals surface area (Å²) in [5.74, 6) is -0.718. The molecule has 0 atom stereocenters. The van der Waals surface area contributed by atoms with Gasteiger partial charge in [-0.1, -0.05) is 13.8 Å². The van der Waals surface area contributed by atoms with Crippen molar-refractivity contribution in [2.24, 2.45) is 5.41 Å². The van der Waals surface area contributed by atoms with Gasteiger partial charge in [0, 0.05) is 37.0 Å². The number of hydrogen-bond acceptors (Lipinski definition) is 8. The fraction of sp³-hybridized carbons (Fsp3) is 0.300. The highest BCUT2D eigenvalue weighted by Gasteiger charge is 2.41. The lowest BCUT2D eigenvalue weighted by molar-refractivity contribution is -0.131. The van der Waals surface area contributed by atoms with E-state index < -0.39 is 11.3 Å². The topological polar surface area (TPSA) is 148 Å². The van der Waals surface area contributed by atoms with Crippen LogP contribution in [0.4, 0.5) is 0 Å². The molecule has 2 aromatic rings. The number of nitriles is 1. The van der Waals surface area contributed by atoms with Crippen molar-refractivity contribution in [3.8, 4) is 17.5 Å². The van der Waals surface area contributed by atoms with Crippen molar-refractivity contribution >= 4 is 17.6 Å². The molecule has 0 bridgehead atoms. The predicted molar refractivity (Wildman–Crippen MR) is 107 cm³/mol. The molecule has 2 amide bonds. The second-order valence-corrected chi connectivity index (χ2v) is 7.32. The number of nitrogens with zero attached hydrogens (tertiary/aromatic N) is 4. The molecule has 0 spiro atoms. The zero-order chi connectivity index (χ0) is 21.9. The van der Waals surface area contributed by atoms with Crippen molar-refractivity contribution in [1.29, 1.82) is 10.7 Å². The number of aromatic nitrogens is 2. The normalized spacial score (nSPS) is 15.6. The number of amides is 2. The fourth-order valence-electron chi connectivity index (χ4n) is 2.95. The van der Waals surface area contributed by atoms with Crippen LogP contribution < -0.4 is 10.6 Å². The van der Waals surface area contributed by atoms with E-state index in [-0.39, 0.29) is 34.7 Å². The van der Waals surface area contributed by atoms with Gasteiger partial charge in [0.05, 0.1) is 5.70 Å². The summed E-state index contributed by atoms with van der Waals surface area (Å²) < 4.78 is 5.36. The highest BCUT2D eigenvalue weighted by atomic mass is 16.3. The summed E-state index contributed by atoms with van der Waals surface area (Å²) in [6.45, 7) is 4.06. The molecular weight excluding hydrogens is 386 g/mol. The molecule has 10 heteroatoms. The monoisotopic (exact) mass is 407 g/mol. The second kappa shape index (κ2) is 8.16. The average Bonchev–Trinajstić information content (AvgIpc) is 3.33. The molecule has 1 fully saturated rings. The maximum absolute atomic E-state index is 12.7. The van der Waals surface area contributed by atoms with Crippen LogP contribution in [0.3, 0.4) is 0 Å². The van der Waals surface area contributed by atoms with E-state index in [0.717, 1.165) is 0 Å². The molecule has 3 heterocycles. The number of hydrogen-bond donors (Lipinski definition) is 3. The molecular formula is C20H21N7O3. The molecule has 1 aliphatic heterocycles. The Morgan fingerprint density at radius 2 is 2.23 bits per heavy atom. The first-order valence-electron chi connectivity index (χ1n) is 9.18. The van der Waals surface area contributed by atoms with E-state index >= 15 is 0 Å². The van der Waals surface area contributed by atoms with Gasteiger partial charge >= 0.3 is 0 Å². The number of nitrogens with one attached hydrogen (secondary N) is 3. The van der Waals surface area contributed by atoms with Crippen LogP contribution in [0, 0.1) is 22.2 Å². The van der Waals surface area contributed by atoms with Gasteiger partial charge in [-0.05, 0) is 18.6 Å². The summed E-state index contributed by atoms with van der Waals surface area (Å²) in [4.78, 5) is 34.5. The molecule has 1 saturated heterocycles. The van der Waals surface area contributed by atoms with Gasteiger partial charge < -0.3 is 15.1 Å². The number of carbonyl (C=O) groups is 2. The van der Waals surface area contributed by atoms with E-state index in [9.17, 15) is 9.59 Å². The zero-order valence-corrected chi connectivity index (χ0v) is 16.8. The largest absolute Gasteiger partial charge is 0.444 e. The van der Waals surface area contributed by atoms with Crippen molar-refractivity contribution in [2.45, 2.75) is 20.3 Å². The Balaban J connectivity index is 1.77. The van der Waals surface area contributed by atoms with E-state index in [4.69, 9.17) is 15.1 Å². The van der Waals surface area contributed by atoms with Crippen LogP contribution in [0.2, 0.25) is 0 Å². The molecule has 0 aliphatic carbocycles. The van der Waals surface area contributed by atoms with Gasteiger partial charge in [-0.3, -0.25) is 19.9 Å². The Hall–Kier alpha value is -4.00. The lowest BCUT2D eigenvalue weighted by Gasteiger charge is -2.22. The molecule has 1 aliphatic rings. The molecule has 30 heavy (non-hydrogen) atoms. The van der Waals surface area contributed by atoms with E-state index in [1.54, 1.807) is 13.1 Å². The minimum atomic E-state index is -0.600. The Morgan fingerprint density at radius 3 is 2.87 bits per heavy atom. The fourth-order valence-corrected chi connectivity index (χ4v) is 2.95. The van der Waals surface area contributed by atoms with Gasteiger partial charge in [-0.15, -0.1) is 0 Å². The summed E-state index contributed by atoms with van der Waals surface area (Å²) in [5.41, 5.74) is 0.276. The third kappa shape index (κ3) is 4.05. The summed E-state index contributed by atoms with van der Waals surface area (Å²) >= 11 is 0. The van der Waals surface area contributed by atoms with Crippen LogP contribution in [0.15, 0.2) is 40.9 Å². The first kappa shape index (κ1) is 20.7. The number of amidine groups is 1. The van der Waals surface area contributed by atoms with Crippen molar-refractivity contribution < 1.29 is 14.0 Å². The van der Waals surface area contributed by atoms with Crippen LogP contribution >= 0.6 is 0 Å². The highest BCUT2D eigenvalue weighted by molar-refractivity contribution is 6.10. The number of oxazole rings is 1. The van der Waals surface area contributed by atoms with E-state index in [1.807, 2.05) is 19.9 Å². The van der Waals surface area contributed by atoms with Gasteiger partial charge in [0.15, 0.2) is 11.5 Å². The number of likely N-dealkylation sites (tertiary alicyclic amines) is 1. The van der Waals surface area contributed by atoms with Crippen molar-refractivity contribution in [3.63, 3.8) is 0 Å². The van der Waals surface area contributed by atoms with Crippen LogP contribution in [-0.2, 0) is 4.79 Å². The summed E-state index contributed by atoms with van der Waals surface area (Å²) in [6, 6.07) is 5.03. The van der Waals surface area contributed by atoms with Gasteiger partial charge in [-0.2, -0.15) is 5.26 Å². The van der Waals surface area contributed by atoms with Crippen molar-refractivity contribution in [3.05, 3.63) is 47.9 Å². The van der Waals surface area contributed by atoms with Gasteiger partial charge in [0.1, 0.15) is 18.0 Å². The van der Waals surface area contributed by atoms with E-state index in [0.29, 0.717) is 18.5 Å². The van der Waals surface area contributed by atoms with Crippen LogP contribution in [0.1, 0.15) is 36.5 Å². The first-order chi connectivity index (χ1) is 14.3. The quantitative estimate of drug-likeness (QED) is 0.504. The molecule has 2 aromatic heterocycles. The average molecular weight is 407 g/mol. The van der Waals surface area contributed by atoms with Crippen LogP contribution in [-0.4, -0.2) is 46.1 Å². The maximum atomic E-state index is 12.7. The molecule has 0 radical (unpaired) electrons. The van der Waals surface area contributed by atoms with E-state index in [2.05, 4.69) is 20.6 Å². The second-order valence-electron chi connectivity index (χ2n) is 7.32. The molecule has 0 unspecified atom stereocenters. The number of carbonyl (C=O) groups excluding carboxylic acids is 2. The summed E-state index contributed by atoms with van der Waals surface area (Å²) in [5, 5.41) is 22.7. The van der Waals surface area contributed by atoms with Crippen LogP contribution in [0.5, 0.6) is 0 Å². The number of pyridine rings is 1. The molecule has 0 saturated carbocycles. The summed E-state index contributed by atoms with van der Waals surface area (Å²) in [7, 11) is 1.62. The molecule has 154 valence electrons. The molecule has 10 nitrogen and oxygen atoms in total. The van der Waals surface area contributed by atoms with Crippen molar-refractivity contribution in [2.75, 3.05) is 13.6 Å². The minimum Gasteiger partial charge on any atom is -0.444 e. The third-order valence-corrected chi connectivity index (χ3v) is 4.70. The Bertz CT molecular complexity index is 1080. The molecule has 0 aromatic carbocycles. The van der Waals surface area contributed by atoms with Crippen molar-refractivity contribution in [1.82, 2.24) is 25.5 Å². The van der Waals surface area contributed by atoms with Gasteiger partial charge in [-0.25, -0.2) is 9.97 Å². The standard InChI is InChI=1S/C20H21N7O3/c1-20(2)5-7-27(19(20)29)16(22)14(10-23-3)25-17(28)15-11-30-18(26-15)12-4-6-24-13(8-12)9-21/h4,6,8,10-11,22-23H,5,7H2,1-3H3,(H,25,28)/b14-10+,22-16?.